The lowest BCUT2D eigenvalue weighted by Gasteiger charge is -2.22. The Bertz CT molecular complexity index is 717. The maximum absolute atomic E-state index is 12.7. The van der Waals surface area contributed by atoms with E-state index >= 15 is 0 Å². The largest absolute Gasteiger partial charge is 0.486 e. The Kier molecular flexibility index (Phi) is 5.38. The molecule has 0 spiro atoms. The van der Waals surface area contributed by atoms with Gasteiger partial charge < -0.3 is 15.4 Å². The Hall–Kier alpha value is -1.63. The van der Waals surface area contributed by atoms with Crippen molar-refractivity contribution in [2.45, 2.75) is 32.4 Å². The summed E-state index contributed by atoms with van der Waals surface area (Å²) >= 11 is 7.25. The van der Waals surface area contributed by atoms with Gasteiger partial charge in [0.15, 0.2) is 0 Å². The number of aromatic nitrogens is 1. The number of rotatable bonds is 5. The van der Waals surface area contributed by atoms with E-state index < -0.39 is 0 Å². The molecule has 1 unspecified atom stereocenters. The number of nitrogens with two attached hydrogens (primary N) is 1. The summed E-state index contributed by atoms with van der Waals surface area (Å²) < 4.78 is 5.71. The van der Waals surface area contributed by atoms with E-state index in [-0.39, 0.29) is 11.9 Å². The summed E-state index contributed by atoms with van der Waals surface area (Å²) in [5.41, 5.74) is 6.52. The third kappa shape index (κ3) is 3.71. The zero-order chi connectivity index (χ0) is 17.1. The van der Waals surface area contributed by atoms with Gasteiger partial charge in [0.25, 0.3) is 5.91 Å². The van der Waals surface area contributed by atoms with Crippen LogP contribution in [0.15, 0.2) is 24.3 Å². The molecule has 1 atom stereocenters. The number of halogens is 1. The van der Waals surface area contributed by atoms with Crippen molar-refractivity contribution in [3.05, 3.63) is 44.9 Å². The van der Waals surface area contributed by atoms with Gasteiger partial charge in [-0.05, 0) is 44.0 Å². The van der Waals surface area contributed by atoms with E-state index in [1.807, 2.05) is 24.0 Å². The van der Waals surface area contributed by atoms with Crippen LogP contribution < -0.4 is 10.5 Å². The summed E-state index contributed by atoms with van der Waals surface area (Å²) in [6, 6.07) is 7.32. The number of likely N-dealkylation sites (tertiary alicyclic amines) is 1. The highest BCUT2D eigenvalue weighted by atomic mass is 35.5. The molecule has 128 valence electrons. The van der Waals surface area contributed by atoms with E-state index in [9.17, 15) is 4.79 Å². The van der Waals surface area contributed by atoms with Gasteiger partial charge in [-0.1, -0.05) is 11.6 Å². The molecular formula is C17H20ClN3O2S. The van der Waals surface area contributed by atoms with Crippen LogP contribution in [-0.4, -0.2) is 34.9 Å². The molecule has 3 rings (SSSR count). The molecule has 0 radical (unpaired) electrons. The van der Waals surface area contributed by atoms with Crippen LogP contribution in [0.1, 0.15) is 33.2 Å². The van der Waals surface area contributed by atoms with Crippen molar-refractivity contribution < 1.29 is 9.53 Å². The number of ether oxygens (including phenoxy) is 1. The third-order valence-electron chi connectivity index (χ3n) is 4.12. The van der Waals surface area contributed by atoms with E-state index in [4.69, 9.17) is 22.1 Å². The van der Waals surface area contributed by atoms with Gasteiger partial charge in [0, 0.05) is 24.2 Å². The van der Waals surface area contributed by atoms with Gasteiger partial charge in [0.1, 0.15) is 22.2 Å². The first kappa shape index (κ1) is 17.2. The lowest BCUT2D eigenvalue weighted by molar-refractivity contribution is 0.0745. The van der Waals surface area contributed by atoms with Crippen molar-refractivity contribution in [3.8, 4) is 5.75 Å². The highest BCUT2D eigenvalue weighted by molar-refractivity contribution is 7.13. The third-order valence-corrected chi connectivity index (χ3v) is 5.49. The highest BCUT2D eigenvalue weighted by Crippen LogP contribution is 2.26. The molecule has 1 aliphatic heterocycles. The number of benzene rings is 1. The number of amides is 1. The molecule has 1 amide bonds. The van der Waals surface area contributed by atoms with Gasteiger partial charge in [0.05, 0.1) is 5.69 Å². The normalized spacial score (nSPS) is 17.3. The standard InChI is InChI=1S/C17H20ClN3O2S/c1-11-16(17(22)21-8-2-3-13(21)9-19)24-15(20-11)10-23-14-6-4-12(18)5-7-14/h4-7,13H,2-3,8-10,19H2,1H3. The molecule has 1 aliphatic rings. The molecule has 1 aromatic carbocycles. The Morgan fingerprint density at radius 3 is 2.92 bits per heavy atom. The zero-order valence-electron chi connectivity index (χ0n) is 13.5. The number of carbonyl (C=O) groups excluding carboxylic acids is 1. The van der Waals surface area contributed by atoms with E-state index in [2.05, 4.69) is 4.98 Å². The molecule has 1 fully saturated rings. The van der Waals surface area contributed by atoms with E-state index in [0.717, 1.165) is 35.8 Å². The minimum absolute atomic E-state index is 0.0377. The maximum atomic E-state index is 12.7. The van der Waals surface area contributed by atoms with Crippen LogP contribution in [0.25, 0.3) is 0 Å². The molecule has 7 heteroatoms. The van der Waals surface area contributed by atoms with Crippen LogP contribution in [0.4, 0.5) is 0 Å². The van der Waals surface area contributed by atoms with Crippen LogP contribution in [0.2, 0.25) is 5.02 Å². The number of hydrogen-bond acceptors (Lipinski definition) is 5. The summed E-state index contributed by atoms with van der Waals surface area (Å²) in [4.78, 5) is 19.8. The lowest BCUT2D eigenvalue weighted by Crippen LogP contribution is -2.39. The minimum atomic E-state index is 0.0377. The second-order valence-corrected chi connectivity index (χ2v) is 7.32. The summed E-state index contributed by atoms with van der Waals surface area (Å²) in [7, 11) is 0. The van der Waals surface area contributed by atoms with Crippen molar-refractivity contribution in [1.82, 2.24) is 9.88 Å². The molecule has 0 aliphatic carbocycles. The van der Waals surface area contributed by atoms with Crippen LogP contribution in [0.5, 0.6) is 5.75 Å². The van der Waals surface area contributed by atoms with Crippen LogP contribution >= 0.6 is 22.9 Å². The van der Waals surface area contributed by atoms with Crippen molar-refractivity contribution >= 4 is 28.8 Å². The monoisotopic (exact) mass is 365 g/mol. The Labute approximate surface area is 150 Å². The van der Waals surface area contributed by atoms with Crippen molar-refractivity contribution in [3.63, 3.8) is 0 Å². The fourth-order valence-electron chi connectivity index (χ4n) is 2.87. The zero-order valence-corrected chi connectivity index (χ0v) is 15.1. The number of aryl methyl sites for hydroxylation is 1. The average molecular weight is 366 g/mol. The molecule has 1 aromatic heterocycles. The molecule has 2 aromatic rings. The Morgan fingerprint density at radius 2 is 2.21 bits per heavy atom. The number of nitrogens with zero attached hydrogens (tertiary/aromatic N) is 2. The van der Waals surface area contributed by atoms with Gasteiger partial charge >= 0.3 is 0 Å². The van der Waals surface area contributed by atoms with E-state index in [1.54, 1.807) is 12.1 Å². The summed E-state index contributed by atoms with van der Waals surface area (Å²) in [5.74, 6) is 0.763. The SMILES string of the molecule is Cc1nc(COc2ccc(Cl)cc2)sc1C(=O)N1CCCC1CN. The topological polar surface area (TPSA) is 68.5 Å². The molecule has 0 bridgehead atoms. The van der Waals surface area contributed by atoms with E-state index in [0.29, 0.717) is 23.1 Å². The van der Waals surface area contributed by atoms with Crippen molar-refractivity contribution in [2.24, 2.45) is 5.73 Å². The number of carbonyl (C=O) groups is 1. The second kappa shape index (κ2) is 7.51. The number of hydrogen-bond donors (Lipinski definition) is 1. The fraction of sp³-hybridized carbons (Fsp3) is 0.412. The molecule has 0 saturated carbocycles. The molecule has 24 heavy (non-hydrogen) atoms. The molecular weight excluding hydrogens is 346 g/mol. The summed E-state index contributed by atoms with van der Waals surface area (Å²) in [6.45, 7) is 3.48. The quantitative estimate of drug-likeness (QED) is 0.883. The van der Waals surface area contributed by atoms with E-state index in [1.165, 1.54) is 11.3 Å². The van der Waals surface area contributed by atoms with Gasteiger partial charge in [-0.15, -0.1) is 11.3 Å². The van der Waals surface area contributed by atoms with Gasteiger partial charge in [0.2, 0.25) is 0 Å². The predicted molar refractivity (Wildman–Crippen MR) is 95.7 cm³/mol. The average Bonchev–Trinajstić information content (AvgIpc) is 3.20. The second-order valence-electron chi connectivity index (χ2n) is 5.80. The van der Waals surface area contributed by atoms with Crippen LogP contribution in [0.3, 0.4) is 0 Å². The fourth-order valence-corrected chi connectivity index (χ4v) is 3.93. The smallest absolute Gasteiger partial charge is 0.266 e. The molecule has 5 nitrogen and oxygen atoms in total. The first-order chi connectivity index (χ1) is 11.6. The first-order valence-corrected chi connectivity index (χ1v) is 9.13. The Balaban J connectivity index is 1.68. The number of thiazole rings is 1. The summed E-state index contributed by atoms with van der Waals surface area (Å²) in [5, 5.41) is 1.45. The molecule has 2 heterocycles. The summed E-state index contributed by atoms with van der Waals surface area (Å²) in [6.07, 6.45) is 1.99. The first-order valence-electron chi connectivity index (χ1n) is 7.94. The highest BCUT2D eigenvalue weighted by Gasteiger charge is 2.30. The van der Waals surface area contributed by atoms with Gasteiger partial charge in [-0.3, -0.25) is 4.79 Å². The molecule has 2 N–H and O–H groups in total. The van der Waals surface area contributed by atoms with Crippen molar-refractivity contribution in [1.29, 1.82) is 0 Å². The van der Waals surface area contributed by atoms with Crippen LogP contribution in [-0.2, 0) is 6.61 Å². The predicted octanol–water partition coefficient (Wildman–Crippen LogP) is 3.25. The van der Waals surface area contributed by atoms with Crippen LogP contribution in [0, 0.1) is 6.92 Å². The van der Waals surface area contributed by atoms with Gasteiger partial charge in [-0.25, -0.2) is 4.98 Å². The minimum Gasteiger partial charge on any atom is -0.486 e. The lowest BCUT2D eigenvalue weighted by atomic mass is 10.2. The van der Waals surface area contributed by atoms with Gasteiger partial charge in [-0.2, -0.15) is 0 Å². The van der Waals surface area contributed by atoms with Crippen molar-refractivity contribution in [2.75, 3.05) is 13.1 Å². The Morgan fingerprint density at radius 1 is 1.46 bits per heavy atom. The maximum Gasteiger partial charge on any atom is 0.266 e. The molecule has 1 saturated heterocycles.